The fraction of sp³-hybridized carbons (Fsp3) is 0.222. The van der Waals surface area contributed by atoms with Gasteiger partial charge in [-0.3, -0.25) is 0 Å². The summed E-state index contributed by atoms with van der Waals surface area (Å²) >= 11 is 0. The van der Waals surface area contributed by atoms with E-state index in [9.17, 15) is 0 Å². The van der Waals surface area contributed by atoms with E-state index in [1.165, 1.54) is 11.3 Å². The average molecular weight is 132 g/mol. The van der Waals surface area contributed by atoms with Gasteiger partial charge in [-0.25, -0.2) is 0 Å². The molecule has 0 saturated carbocycles. The maximum Gasteiger partial charge on any atom is 0.0372 e. The lowest BCUT2D eigenvalue weighted by atomic mass is 10.0. The summed E-state index contributed by atoms with van der Waals surface area (Å²) in [5.74, 6) is 0. The van der Waals surface area contributed by atoms with E-state index >= 15 is 0 Å². The van der Waals surface area contributed by atoms with Gasteiger partial charge < -0.3 is 5.32 Å². The predicted molar refractivity (Wildman–Crippen MR) is 42.9 cm³/mol. The predicted octanol–water partition coefficient (Wildman–Crippen LogP) is 1.86. The second-order valence-electron chi connectivity index (χ2n) is 2.53. The summed E-state index contributed by atoms with van der Waals surface area (Å²) in [4.78, 5) is 0. The van der Waals surface area contributed by atoms with E-state index < -0.39 is 0 Å². The maximum absolute atomic E-state index is 3.31. The topological polar surface area (TPSA) is 12.0 Å². The van der Waals surface area contributed by atoms with Crippen molar-refractivity contribution in [1.29, 1.82) is 0 Å². The van der Waals surface area contributed by atoms with Crippen molar-refractivity contribution < 1.29 is 0 Å². The summed E-state index contributed by atoms with van der Waals surface area (Å²) in [6.45, 7) is 1.01. The molecule has 1 aliphatic rings. The van der Waals surface area contributed by atoms with Crippen molar-refractivity contribution in [3.05, 3.63) is 36.2 Å². The summed E-state index contributed by atoms with van der Waals surface area (Å²) in [5, 5.41) is 3.31. The van der Waals surface area contributed by atoms with Crippen LogP contribution < -0.4 is 5.32 Å². The van der Waals surface area contributed by atoms with Crippen molar-refractivity contribution in [3.63, 3.8) is 0 Å². The third kappa shape index (κ3) is 0.878. The number of rotatable bonds is 0. The van der Waals surface area contributed by atoms with Gasteiger partial charge >= 0.3 is 0 Å². The van der Waals surface area contributed by atoms with Crippen molar-refractivity contribution >= 4 is 5.69 Å². The molecule has 0 aliphatic carbocycles. The van der Waals surface area contributed by atoms with Gasteiger partial charge in [0.2, 0.25) is 0 Å². The zero-order valence-electron chi connectivity index (χ0n) is 5.80. The molecule has 0 aromatic heterocycles. The molecule has 0 saturated heterocycles. The lowest BCUT2D eigenvalue weighted by Gasteiger charge is -2.16. The molecule has 0 fully saturated rings. The molecule has 0 atom stereocenters. The largest absolute Gasteiger partial charge is 0.385 e. The lowest BCUT2D eigenvalue weighted by molar-refractivity contribution is 1.02. The first-order valence-corrected chi connectivity index (χ1v) is 3.60. The molecule has 1 aromatic carbocycles. The minimum absolute atomic E-state index is 1.01. The molecule has 1 nitrogen and oxygen atoms in total. The van der Waals surface area contributed by atoms with Crippen LogP contribution in [0.15, 0.2) is 24.3 Å². The van der Waals surface area contributed by atoms with E-state index in [0.29, 0.717) is 0 Å². The lowest BCUT2D eigenvalue weighted by Crippen LogP contribution is -2.11. The highest BCUT2D eigenvalue weighted by molar-refractivity contribution is 5.53. The standard InChI is InChI=1S/C9H10N/c1-2-6-9-8(4-1)5-3-7-10-9/h1-4,6,10H,5,7H2. The summed E-state index contributed by atoms with van der Waals surface area (Å²) in [5.41, 5.74) is 2.71. The van der Waals surface area contributed by atoms with Crippen LogP contribution in [0, 0.1) is 6.42 Å². The van der Waals surface area contributed by atoms with Crippen LogP contribution in [-0.4, -0.2) is 6.54 Å². The monoisotopic (exact) mass is 132 g/mol. The van der Waals surface area contributed by atoms with Crippen molar-refractivity contribution in [1.82, 2.24) is 0 Å². The van der Waals surface area contributed by atoms with Crippen LogP contribution in [-0.2, 0) is 6.42 Å². The number of para-hydroxylation sites is 1. The Morgan fingerprint density at radius 1 is 1.20 bits per heavy atom. The van der Waals surface area contributed by atoms with Crippen LogP contribution in [0.25, 0.3) is 0 Å². The Labute approximate surface area is 61.1 Å². The molecule has 2 rings (SSSR count). The van der Waals surface area contributed by atoms with Gasteiger partial charge in [-0.15, -0.1) is 0 Å². The highest BCUT2D eigenvalue weighted by Gasteiger charge is 2.05. The molecule has 10 heavy (non-hydrogen) atoms. The Morgan fingerprint density at radius 3 is 3.00 bits per heavy atom. The molecule has 1 heteroatoms. The van der Waals surface area contributed by atoms with Crippen molar-refractivity contribution in [2.75, 3.05) is 11.9 Å². The van der Waals surface area contributed by atoms with Crippen LogP contribution in [0.2, 0.25) is 0 Å². The molecule has 1 N–H and O–H groups in total. The van der Waals surface area contributed by atoms with Crippen LogP contribution in [0.3, 0.4) is 0 Å². The third-order valence-corrected chi connectivity index (χ3v) is 1.82. The first-order chi connectivity index (χ1) is 4.97. The highest BCUT2D eigenvalue weighted by atomic mass is 14.9. The van der Waals surface area contributed by atoms with Gasteiger partial charge in [0.05, 0.1) is 0 Å². The second kappa shape index (κ2) is 2.33. The van der Waals surface area contributed by atoms with E-state index in [-0.39, 0.29) is 0 Å². The van der Waals surface area contributed by atoms with E-state index in [4.69, 9.17) is 0 Å². The Balaban J connectivity index is 2.41. The fourth-order valence-electron chi connectivity index (χ4n) is 1.28. The Kier molecular flexibility index (Phi) is 1.35. The van der Waals surface area contributed by atoms with Crippen LogP contribution in [0.4, 0.5) is 5.69 Å². The summed E-state index contributed by atoms with van der Waals surface area (Å²) in [6, 6.07) is 8.44. The molecular formula is C9H10N. The molecule has 1 aliphatic heterocycles. The van der Waals surface area contributed by atoms with Crippen LogP contribution >= 0.6 is 0 Å². The molecule has 0 bridgehead atoms. The first kappa shape index (κ1) is 5.78. The van der Waals surface area contributed by atoms with E-state index in [2.05, 4.69) is 36.0 Å². The molecule has 1 heterocycles. The van der Waals surface area contributed by atoms with E-state index in [1.54, 1.807) is 0 Å². The summed E-state index contributed by atoms with van der Waals surface area (Å²) in [7, 11) is 0. The number of anilines is 1. The Morgan fingerprint density at radius 2 is 2.10 bits per heavy atom. The quantitative estimate of drug-likeness (QED) is 0.568. The number of hydrogen-bond acceptors (Lipinski definition) is 1. The molecular weight excluding hydrogens is 122 g/mol. The maximum atomic E-state index is 3.31. The zero-order chi connectivity index (χ0) is 6.81. The van der Waals surface area contributed by atoms with Gasteiger partial charge in [-0.05, 0) is 24.5 Å². The summed E-state index contributed by atoms with van der Waals surface area (Å²) in [6.07, 6.45) is 3.37. The van der Waals surface area contributed by atoms with Crippen LogP contribution in [0.5, 0.6) is 0 Å². The fourth-order valence-corrected chi connectivity index (χ4v) is 1.28. The third-order valence-electron chi connectivity index (χ3n) is 1.82. The highest BCUT2D eigenvalue weighted by Crippen LogP contribution is 2.19. The van der Waals surface area contributed by atoms with Gasteiger partial charge in [0.1, 0.15) is 0 Å². The Bertz CT molecular complexity index is 205. The van der Waals surface area contributed by atoms with Gasteiger partial charge in [-0.1, -0.05) is 18.2 Å². The molecule has 1 aromatic rings. The SMILES string of the molecule is [CH]1CNc2ccccc2C1. The van der Waals surface area contributed by atoms with Gasteiger partial charge in [-0.2, -0.15) is 0 Å². The number of fused-ring (bicyclic) bond motifs is 1. The molecule has 0 unspecified atom stereocenters. The molecule has 1 radical (unpaired) electrons. The molecule has 0 amide bonds. The minimum atomic E-state index is 1.01. The zero-order valence-corrected chi connectivity index (χ0v) is 5.80. The average Bonchev–Trinajstić information content (AvgIpc) is 2.05. The number of hydrogen-bond donors (Lipinski definition) is 1. The molecule has 0 spiro atoms. The molecule has 51 valence electrons. The van der Waals surface area contributed by atoms with Gasteiger partial charge in [0, 0.05) is 12.2 Å². The first-order valence-electron chi connectivity index (χ1n) is 3.60. The van der Waals surface area contributed by atoms with Crippen molar-refractivity contribution in [2.24, 2.45) is 0 Å². The smallest absolute Gasteiger partial charge is 0.0372 e. The summed E-state index contributed by atoms with van der Waals surface area (Å²) < 4.78 is 0. The second-order valence-corrected chi connectivity index (χ2v) is 2.53. The Hall–Kier alpha value is -0.980. The van der Waals surface area contributed by atoms with Crippen molar-refractivity contribution in [2.45, 2.75) is 6.42 Å². The van der Waals surface area contributed by atoms with E-state index in [1.807, 2.05) is 0 Å². The van der Waals surface area contributed by atoms with Crippen LogP contribution in [0.1, 0.15) is 5.56 Å². The van der Waals surface area contributed by atoms with Crippen molar-refractivity contribution in [3.8, 4) is 0 Å². The normalized spacial score (nSPS) is 15.6. The number of nitrogens with one attached hydrogen (secondary N) is 1. The van der Waals surface area contributed by atoms with E-state index in [0.717, 1.165) is 13.0 Å². The van der Waals surface area contributed by atoms with Gasteiger partial charge in [0.15, 0.2) is 0 Å². The minimum Gasteiger partial charge on any atom is -0.385 e. The van der Waals surface area contributed by atoms with Gasteiger partial charge in [0.25, 0.3) is 0 Å². The number of benzene rings is 1.